The third-order valence-electron chi connectivity index (χ3n) is 2.99. The molecule has 1 saturated heterocycles. The first-order chi connectivity index (χ1) is 8.69. The van der Waals surface area contributed by atoms with Crippen LogP contribution in [-0.2, 0) is 0 Å². The largest absolute Gasteiger partial charge is 0.323 e. The average Bonchev–Trinajstić information content (AvgIpc) is 2.41. The zero-order valence-corrected chi connectivity index (χ0v) is 10.7. The predicted molar refractivity (Wildman–Crippen MR) is 70.4 cm³/mol. The Balaban J connectivity index is 1.95. The molecule has 18 heavy (non-hydrogen) atoms. The van der Waals surface area contributed by atoms with Gasteiger partial charge in [0.25, 0.3) is 0 Å². The van der Waals surface area contributed by atoms with Crippen molar-refractivity contribution in [3.05, 3.63) is 29.3 Å². The number of carbonyl (C=O) groups excluding carboxylic acids is 1. The van der Waals surface area contributed by atoms with Crippen LogP contribution in [0.4, 0.5) is 10.5 Å². The number of piperidine rings is 1. The summed E-state index contributed by atoms with van der Waals surface area (Å²) in [4.78, 5) is 13.7. The van der Waals surface area contributed by atoms with E-state index in [-0.39, 0.29) is 11.9 Å². The fourth-order valence-electron chi connectivity index (χ4n) is 2.00. The van der Waals surface area contributed by atoms with Crippen LogP contribution in [0.3, 0.4) is 0 Å². The standard InChI is InChI=1S/C13H14ClN3O/c14-11-3-5-12(6-4-11)16-13(18)17-7-1-2-10(8-15)9-17/h3-6,10H,1-2,7,9H2,(H,16,18). The molecule has 0 spiro atoms. The Bertz CT molecular complexity index is 466. The molecule has 4 nitrogen and oxygen atoms in total. The van der Waals surface area contributed by atoms with Gasteiger partial charge in [-0.15, -0.1) is 0 Å². The molecule has 1 atom stereocenters. The van der Waals surface area contributed by atoms with Gasteiger partial charge in [0.15, 0.2) is 0 Å². The van der Waals surface area contributed by atoms with E-state index in [9.17, 15) is 4.79 Å². The molecular weight excluding hydrogens is 250 g/mol. The second kappa shape index (κ2) is 5.74. The maximum absolute atomic E-state index is 12.0. The van der Waals surface area contributed by atoms with Crippen molar-refractivity contribution in [1.82, 2.24) is 4.90 Å². The van der Waals surface area contributed by atoms with Gasteiger partial charge in [-0.05, 0) is 37.1 Å². The van der Waals surface area contributed by atoms with Crippen molar-refractivity contribution in [2.45, 2.75) is 12.8 Å². The van der Waals surface area contributed by atoms with Crippen LogP contribution < -0.4 is 5.32 Å². The summed E-state index contributed by atoms with van der Waals surface area (Å²) < 4.78 is 0. The Hall–Kier alpha value is -1.73. The highest BCUT2D eigenvalue weighted by atomic mass is 35.5. The molecule has 1 aromatic carbocycles. The SMILES string of the molecule is N#CC1CCCN(C(=O)Nc2ccc(Cl)cc2)C1. The first-order valence-electron chi connectivity index (χ1n) is 5.90. The number of nitrogens with one attached hydrogen (secondary N) is 1. The smallest absolute Gasteiger partial charge is 0.321 e. The minimum Gasteiger partial charge on any atom is -0.323 e. The van der Waals surface area contributed by atoms with Crippen molar-refractivity contribution < 1.29 is 4.79 Å². The number of rotatable bonds is 1. The summed E-state index contributed by atoms with van der Waals surface area (Å²) in [6, 6.07) is 9.03. The van der Waals surface area contributed by atoms with Gasteiger partial charge >= 0.3 is 6.03 Å². The molecule has 1 N–H and O–H groups in total. The van der Waals surface area contributed by atoms with Gasteiger partial charge < -0.3 is 10.2 Å². The monoisotopic (exact) mass is 263 g/mol. The van der Waals surface area contributed by atoms with Crippen molar-refractivity contribution in [3.63, 3.8) is 0 Å². The normalized spacial score (nSPS) is 19.1. The molecule has 1 aromatic rings. The lowest BCUT2D eigenvalue weighted by molar-refractivity contribution is 0.189. The molecule has 94 valence electrons. The number of carbonyl (C=O) groups is 1. The van der Waals surface area contributed by atoms with E-state index in [0.29, 0.717) is 23.8 Å². The second-order valence-electron chi connectivity index (χ2n) is 4.35. The summed E-state index contributed by atoms with van der Waals surface area (Å²) in [7, 11) is 0. The van der Waals surface area contributed by atoms with Crippen molar-refractivity contribution >= 4 is 23.3 Å². The molecule has 1 heterocycles. The van der Waals surface area contributed by atoms with Gasteiger partial charge in [-0.3, -0.25) is 0 Å². The van der Waals surface area contributed by atoms with Crippen LogP contribution in [0.1, 0.15) is 12.8 Å². The minimum absolute atomic E-state index is 0.0466. The summed E-state index contributed by atoms with van der Waals surface area (Å²) in [6.45, 7) is 1.22. The number of benzene rings is 1. The first-order valence-corrected chi connectivity index (χ1v) is 6.28. The maximum atomic E-state index is 12.0. The third-order valence-corrected chi connectivity index (χ3v) is 3.24. The molecule has 0 bridgehead atoms. The van der Waals surface area contributed by atoms with Gasteiger partial charge in [0.2, 0.25) is 0 Å². The summed E-state index contributed by atoms with van der Waals surface area (Å²) >= 11 is 5.78. The third kappa shape index (κ3) is 3.14. The molecule has 5 heteroatoms. The van der Waals surface area contributed by atoms with Crippen molar-refractivity contribution in [2.24, 2.45) is 5.92 Å². The predicted octanol–water partition coefficient (Wildman–Crippen LogP) is 3.11. The van der Waals surface area contributed by atoms with Crippen LogP contribution >= 0.6 is 11.6 Å². The van der Waals surface area contributed by atoms with Gasteiger partial charge in [-0.1, -0.05) is 11.6 Å². The Kier molecular flexibility index (Phi) is 4.06. The van der Waals surface area contributed by atoms with E-state index in [0.717, 1.165) is 12.8 Å². The number of hydrogen-bond acceptors (Lipinski definition) is 2. The lowest BCUT2D eigenvalue weighted by Gasteiger charge is -2.29. The Morgan fingerprint density at radius 3 is 2.83 bits per heavy atom. The van der Waals surface area contributed by atoms with Crippen LogP contribution in [0.5, 0.6) is 0 Å². The van der Waals surface area contributed by atoms with Crippen LogP contribution in [-0.4, -0.2) is 24.0 Å². The van der Waals surface area contributed by atoms with Crippen LogP contribution in [0.25, 0.3) is 0 Å². The average molecular weight is 264 g/mol. The van der Waals surface area contributed by atoms with Crippen LogP contribution in [0, 0.1) is 17.2 Å². The first kappa shape index (κ1) is 12.7. The van der Waals surface area contributed by atoms with E-state index in [1.54, 1.807) is 29.2 Å². The van der Waals surface area contributed by atoms with Gasteiger partial charge in [0.05, 0.1) is 12.0 Å². The van der Waals surface area contributed by atoms with Gasteiger partial charge in [-0.2, -0.15) is 5.26 Å². The van der Waals surface area contributed by atoms with Gasteiger partial charge in [-0.25, -0.2) is 4.79 Å². The summed E-state index contributed by atoms with van der Waals surface area (Å²) in [5.41, 5.74) is 0.712. The molecule has 1 unspecified atom stereocenters. The number of urea groups is 1. The number of likely N-dealkylation sites (tertiary alicyclic amines) is 1. The summed E-state index contributed by atoms with van der Waals surface area (Å²) in [5, 5.41) is 12.3. The van der Waals surface area contributed by atoms with E-state index >= 15 is 0 Å². The molecule has 1 aliphatic rings. The van der Waals surface area contributed by atoms with Gasteiger partial charge in [0, 0.05) is 23.8 Å². The van der Waals surface area contributed by atoms with E-state index < -0.39 is 0 Å². The lowest BCUT2D eigenvalue weighted by atomic mass is 10.0. The zero-order valence-electron chi connectivity index (χ0n) is 9.90. The van der Waals surface area contributed by atoms with Crippen molar-refractivity contribution in [1.29, 1.82) is 5.26 Å². The van der Waals surface area contributed by atoms with Crippen LogP contribution in [0.2, 0.25) is 5.02 Å². The number of nitriles is 1. The number of halogens is 1. The Labute approximate surface area is 111 Å². The molecule has 0 aromatic heterocycles. The molecule has 2 amide bonds. The number of nitrogens with zero attached hydrogens (tertiary/aromatic N) is 2. The molecule has 1 fully saturated rings. The second-order valence-corrected chi connectivity index (χ2v) is 4.79. The maximum Gasteiger partial charge on any atom is 0.321 e. The topological polar surface area (TPSA) is 56.1 Å². The summed E-state index contributed by atoms with van der Waals surface area (Å²) in [6.07, 6.45) is 1.76. The van der Waals surface area contributed by atoms with Crippen molar-refractivity contribution in [2.75, 3.05) is 18.4 Å². The van der Waals surface area contributed by atoms with E-state index in [4.69, 9.17) is 16.9 Å². The minimum atomic E-state index is -0.155. The molecule has 2 rings (SSSR count). The Morgan fingerprint density at radius 2 is 2.17 bits per heavy atom. The zero-order chi connectivity index (χ0) is 13.0. The quantitative estimate of drug-likeness (QED) is 0.846. The van der Waals surface area contributed by atoms with Gasteiger partial charge in [0.1, 0.15) is 0 Å². The van der Waals surface area contributed by atoms with E-state index in [1.165, 1.54) is 0 Å². The molecule has 0 saturated carbocycles. The number of hydrogen-bond donors (Lipinski definition) is 1. The Morgan fingerprint density at radius 1 is 1.44 bits per heavy atom. The highest BCUT2D eigenvalue weighted by Gasteiger charge is 2.23. The van der Waals surface area contributed by atoms with E-state index in [1.807, 2.05) is 0 Å². The molecule has 0 aliphatic carbocycles. The molecule has 0 radical (unpaired) electrons. The fraction of sp³-hybridized carbons (Fsp3) is 0.385. The van der Waals surface area contributed by atoms with Crippen molar-refractivity contribution in [3.8, 4) is 6.07 Å². The van der Waals surface area contributed by atoms with Crippen LogP contribution in [0.15, 0.2) is 24.3 Å². The molecular formula is C13H14ClN3O. The summed E-state index contributed by atoms with van der Waals surface area (Å²) in [5.74, 6) is -0.0466. The fourth-order valence-corrected chi connectivity index (χ4v) is 2.13. The highest BCUT2D eigenvalue weighted by molar-refractivity contribution is 6.30. The molecule has 1 aliphatic heterocycles. The lowest BCUT2D eigenvalue weighted by Crippen LogP contribution is -2.42. The highest BCUT2D eigenvalue weighted by Crippen LogP contribution is 2.18. The number of anilines is 1. The van der Waals surface area contributed by atoms with E-state index in [2.05, 4.69) is 11.4 Å². The number of amides is 2.